The van der Waals surface area contributed by atoms with Crippen LogP contribution in [-0.4, -0.2) is 23.8 Å². The molecule has 0 aliphatic carbocycles. The minimum Gasteiger partial charge on any atom is -0.497 e. The highest BCUT2D eigenvalue weighted by Crippen LogP contribution is 2.26. The van der Waals surface area contributed by atoms with E-state index in [9.17, 15) is 4.79 Å². The van der Waals surface area contributed by atoms with Crippen LogP contribution in [0.25, 0.3) is 10.9 Å². The Kier molecular flexibility index (Phi) is 3.88. The summed E-state index contributed by atoms with van der Waals surface area (Å²) in [6.45, 7) is 0. The van der Waals surface area contributed by atoms with Crippen molar-refractivity contribution >= 4 is 28.6 Å². The van der Waals surface area contributed by atoms with Crippen LogP contribution in [0.3, 0.4) is 0 Å². The van der Waals surface area contributed by atoms with Crippen molar-refractivity contribution in [2.75, 3.05) is 12.9 Å². The third-order valence-electron chi connectivity index (χ3n) is 2.46. The van der Waals surface area contributed by atoms with Gasteiger partial charge in [-0.25, -0.2) is 4.98 Å². The zero-order valence-corrected chi connectivity index (χ0v) is 11.0. The zero-order chi connectivity index (χ0) is 13.8. The molecule has 6 heteroatoms. The van der Waals surface area contributed by atoms with E-state index in [1.54, 1.807) is 19.2 Å². The number of rotatable bonds is 4. The highest BCUT2D eigenvalue weighted by molar-refractivity contribution is 8.00. The predicted molar refractivity (Wildman–Crippen MR) is 72.9 cm³/mol. The quantitative estimate of drug-likeness (QED) is 0.856. The topological polar surface area (TPSA) is 89.0 Å². The molecule has 0 unspecified atom stereocenters. The smallest absolute Gasteiger partial charge is 0.227 e. The number of thioether (sulfide) groups is 1. The summed E-state index contributed by atoms with van der Waals surface area (Å²) in [6.07, 6.45) is 0. The fourth-order valence-electron chi connectivity index (χ4n) is 1.59. The van der Waals surface area contributed by atoms with Gasteiger partial charge in [0.2, 0.25) is 5.91 Å². The predicted octanol–water partition coefficient (Wildman–Crippen LogP) is 1.69. The standard InChI is InChI=1S/C13H11N3O2S/c1-18-10-2-3-11-8(5-10)4-9(6-14)13(16-11)19-7-12(15)17/h2-5H,7H2,1H3,(H2,15,17). The van der Waals surface area contributed by atoms with Gasteiger partial charge in [0.1, 0.15) is 16.8 Å². The molecule has 96 valence electrons. The molecule has 1 amide bonds. The van der Waals surface area contributed by atoms with Crippen LogP contribution >= 0.6 is 11.8 Å². The number of hydrogen-bond donors (Lipinski definition) is 1. The van der Waals surface area contributed by atoms with E-state index in [1.165, 1.54) is 11.8 Å². The number of aromatic nitrogens is 1. The molecule has 2 rings (SSSR count). The van der Waals surface area contributed by atoms with Crippen molar-refractivity contribution < 1.29 is 9.53 Å². The summed E-state index contributed by atoms with van der Waals surface area (Å²) in [7, 11) is 1.58. The molecule has 0 aliphatic rings. The molecule has 0 saturated carbocycles. The summed E-state index contributed by atoms with van der Waals surface area (Å²) in [5.74, 6) is 0.366. The monoisotopic (exact) mass is 273 g/mol. The Bertz CT molecular complexity index is 679. The molecule has 19 heavy (non-hydrogen) atoms. The number of hydrogen-bond acceptors (Lipinski definition) is 5. The molecule has 0 atom stereocenters. The second-order valence-electron chi connectivity index (χ2n) is 3.77. The average Bonchev–Trinajstić information content (AvgIpc) is 2.43. The normalized spacial score (nSPS) is 10.1. The Balaban J connectivity index is 2.48. The van der Waals surface area contributed by atoms with E-state index in [1.807, 2.05) is 12.1 Å². The lowest BCUT2D eigenvalue weighted by atomic mass is 10.1. The lowest BCUT2D eigenvalue weighted by Crippen LogP contribution is -2.13. The maximum absolute atomic E-state index is 10.8. The number of methoxy groups -OCH3 is 1. The summed E-state index contributed by atoms with van der Waals surface area (Å²) in [6, 6.07) is 9.22. The van der Waals surface area contributed by atoms with Gasteiger partial charge < -0.3 is 10.5 Å². The highest BCUT2D eigenvalue weighted by Gasteiger charge is 2.09. The Labute approximate surface area is 114 Å². The minimum atomic E-state index is -0.439. The fourth-order valence-corrected chi connectivity index (χ4v) is 2.30. The number of amides is 1. The van der Waals surface area contributed by atoms with Crippen molar-refractivity contribution in [2.45, 2.75) is 5.03 Å². The molecule has 1 aromatic carbocycles. The van der Waals surface area contributed by atoms with Gasteiger partial charge >= 0.3 is 0 Å². The van der Waals surface area contributed by atoms with Gasteiger partial charge in [-0.1, -0.05) is 11.8 Å². The van der Waals surface area contributed by atoms with Crippen molar-refractivity contribution in [3.8, 4) is 11.8 Å². The number of carbonyl (C=O) groups excluding carboxylic acids is 1. The molecule has 2 N–H and O–H groups in total. The van der Waals surface area contributed by atoms with E-state index in [-0.39, 0.29) is 5.75 Å². The summed E-state index contributed by atoms with van der Waals surface area (Å²) < 4.78 is 5.13. The number of nitriles is 1. The maximum atomic E-state index is 10.8. The van der Waals surface area contributed by atoms with E-state index in [2.05, 4.69) is 11.1 Å². The Hall–Kier alpha value is -2.26. The third-order valence-corrected chi connectivity index (χ3v) is 3.47. The largest absolute Gasteiger partial charge is 0.497 e. The first-order chi connectivity index (χ1) is 9.13. The lowest BCUT2D eigenvalue weighted by molar-refractivity contribution is -0.115. The molecule has 0 spiro atoms. The Morgan fingerprint density at radius 3 is 2.95 bits per heavy atom. The van der Waals surface area contributed by atoms with Gasteiger partial charge in [-0.05, 0) is 24.3 Å². The third kappa shape index (κ3) is 2.95. The van der Waals surface area contributed by atoms with Crippen LogP contribution in [0.2, 0.25) is 0 Å². The number of nitrogens with two attached hydrogens (primary N) is 1. The van der Waals surface area contributed by atoms with Crippen molar-refractivity contribution in [3.05, 3.63) is 29.8 Å². The van der Waals surface area contributed by atoms with Crippen molar-refractivity contribution in [3.63, 3.8) is 0 Å². The van der Waals surface area contributed by atoms with E-state index in [0.717, 1.165) is 10.9 Å². The Morgan fingerprint density at radius 2 is 2.32 bits per heavy atom. The van der Waals surface area contributed by atoms with Crippen LogP contribution in [0.4, 0.5) is 0 Å². The first-order valence-corrected chi connectivity index (χ1v) is 6.42. The average molecular weight is 273 g/mol. The lowest BCUT2D eigenvalue weighted by Gasteiger charge is -2.06. The zero-order valence-electron chi connectivity index (χ0n) is 10.2. The number of pyridine rings is 1. The molecule has 5 nitrogen and oxygen atoms in total. The van der Waals surface area contributed by atoms with Crippen LogP contribution < -0.4 is 10.5 Å². The van der Waals surface area contributed by atoms with Crippen LogP contribution in [-0.2, 0) is 4.79 Å². The SMILES string of the molecule is COc1ccc2nc(SCC(N)=O)c(C#N)cc2c1. The second-order valence-corrected chi connectivity index (χ2v) is 4.73. The van der Waals surface area contributed by atoms with Crippen molar-refractivity contribution in [2.24, 2.45) is 5.73 Å². The Morgan fingerprint density at radius 1 is 1.53 bits per heavy atom. The van der Waals surface area contributed by atoms with Gasteiger partial charge in [-0.2, -0.15) is 5.26 Å². The van der Waals surface area contributed by atoms with E-state index < -0.39 is 5.91 Å². The van der Waals surface area contributed by atoms with E-state index in [0.29, 0.717) is 16.3 Å². The molecular formula is C13H11N3O2S. The summed E-state index contributed by atoms with van der Waals surface area (Å²) in [5, 5.41) is 10.5. The highest BCUT2D eigenvalue weighted by atomic mass is 32.2. The van der Waals surface area contributed by atoms with Crippen LogP contribution in [0.15, 0.2) is 29.3 Å². The molecule has 0 bridgehead atoms. The van der Waals surface area contributed by atoms with Crippen LogP contribution in [0, 0.1) is 11.3 Å². The first-order valence-electron chi connectivity index (χ1n) is 5.44. The fraction of sp³-hybridized carbons (Fsp3) is 0.154. The molecule has 0 radical (unpaired) electrons. The van der Waals surface area contributed by atoms with Crippen molar-refractivity contribution in [1.29, 1.82) is 5.26 Å². The number of benzene rings is 1. The molecular weight excluding hydrogens is 262 g/mol. The number of ether oxygens (including phenoxy) is 1. The summed E-state index contributed by atoms with van der Waals surface area (Å²) in [4.78, 5) is 15.2. The number of carbonyl (C=O) groups is 1. The van der Waals surface area contributed by atoms with Crippen LogP contribution in [0.5, 0.6) is 5.75 Å². The molecule has 2 aromatic rings. The number of fused-ring (bicyclic) bond motifs is 1. The molecule has 1 aromatic heterocycles. The second kappa shape index (κ2) is 5.59. The molecule has 0 fully saturated rings. The maximum Gasteiger partial charge on any atom is 0.227 e. The van der Waals surface area contributed by atoms with E-state index >= 15 is 0 Å². The van der Waals surface area contributed by atoms with Gasteiger partial charge in [-0.3, -0.25) is 4.79 Å². The van der Waals surface area contributed by atoms with Gasteiger partial charge in [0, 0.05) is 5.39 Å². The minimum absolute atomic E-state index is 0.101. The molecule has 0 aliphatic heterocycles. The van der Waals surface area contributed by atoms with Gasteiger partial charge in [-0.15, -0.1) is 0 Å². The van der Waals surface area contributed by atoms with Crippen molar-refractivity contribution in [1.82, 2.24) is 4.98 Å². The first kappa shape index (κ1) is 13.2. The van der Waals surface area contributed by atoms with Gasteiger partial charge in [0.15, 0.2) is 0 Å². The number of primary amides is 1. The molecule has 1 heterocycles. The van der Waals surface area contributed by atoms with E-state index in [4.69, 9.17) is 15.7 Å². The number of nitrogens with zero attached hydrogens (tertiary/aromatic N) is 2. The molecule has 0 saturated heterocycles. The van der Waals surface area contributed by atoms with Crippen LogP contribution in [0.1, 0.15) is 5.56 Å². The summed E-state index contributed by atoms with van der Waals surface area (Å²) in [5.41, 5.74) is 6.26. The summed E-state index contributed by atoms with van der Waals surface area (Å²) >= 11 is 1.17. The van der Waals surface area contributed by atoms with Gasteiger partial charge in [0.25, 0.3) is 0 Å². The van der Waals surface area contributed by atoms with Gasteiger partial charge in [0.05, 0.1) is 23.9 Å².